The van der Waals surface area contributed by atoms with Crippen molar-refractivity contribution in [2.45, 2.75) is 0 Å². The van der Waals surface area contributed by atoms with Crippen molar-refractivity contribution in [3.63, 3.8) is 0 Å². The highest BCUT2D eigenvalue weighted by Crippen LogP contribution is 2.19. The quantitative estimate of drug-likeness (QED) is 0.790. The number of carbonyl (C=O) groups excluding carboxylic acids is 2. The van der Waals surface area contributed by atoms with E-state index in [0.29, 0.717) is 31.7 Å². The predicted octanol–water partition coefficient (Wildman–Crippen LogP) is 2.71. The summed E-state index contributed by atoms with van der Waals surface area (Å²) in [7, 11) is 1.33. The third kappa shape index (κ3) is 3.66. The number of benzene rings is 2. The van der Waals surface area contributed by atoms with Crippen LogP contribution in [0.25, 0.3) is 0 Å². The number of nitrogens with zero attached hydrogens (tertiary/aromatic N) is 2. The molecule has 1 saturated heterocycles. The van der Waals surface area contributed by atoms with E-state index in [1.165, 1.54) is 13.2 Å². The van der Waals surface area contributed by atoms with E-state index in [2.05, 4.69) is 9.64 Å². The molecule has 1 fully saturated rings. The Balaban J connectivity index is 1.62. The number of anilines is 1. The van der Waals surface area contributed by atoms with Gasteiger partial charge in [-0.05, 0) is 42.5 Å². The molecular formula is C19H18F2N2O3. The molecule has 5 nitrogen and oxygen atoms in total. The summed E-state index contributed by atoms with van der Waals surface area (Å²) in [4.78, 5) is 27.6. The van der Waals surface area contributed by atoms with Crippen molar-refractivity contribution in [2.75, 3.05) is 38.2 Å². The molecule has 26 heavy (non-hydrogen) atoms. The van der Waals surface area contributed by atoms with Gasteiger partial charge in [-0.25, -0.2) is 13.6 Å². The summed E-state index contributed by atoms with van der Waals surface area (Å²) >= 11 is 0. The number of methoxy groups -OCH3 is 1. The minimum Gasteiger partial charge on any atom is -0.465 e. The van der Waals surface area contributed by atoms with E-state index in [-0.39, 0.29) is 11.5 Å². The van der Waals surface area contributed by atoms with Gasteiger partial charge in [-0.15, -0.1) is 0 Å². The third-order valence-electron chi connectivity index (χ3n) is 4.39. The zero-order valence-corrected chi connectivity index (χ0v) is 14.2. The molecular weight excluding hydrogens is 342 g/mol. The second-order valence-electron chi connectivity index (χ2n) is 5.95. The van der Waals surface area contributed by atoms with Crippen LogP contribution in [0.15, 0.2) is 42.5 Å². The number of carbonyl (C=O) groups is 2. The number of piperazine rings is 1. The summed E-state index contributed by atoms with van der Waals surface area (Å²) in [6.07, 6.45) is 0. The fraction of sp³-hybridized carbons (Fsp3) is 0.263. The standard InChI is InChI=1S/C19H18F2N2O3/c1-26-19(25)13-2-5-15(6-3-13)22-8-10-23(11-9-22)18(24)14-4-7-16(20)17(21)12-14/h2-7,12H,8-11H2,1H3. The first kappa shape index (κ1) is 17.8. The Kier molecular flexibility index (Phi) is 5.16. The summed E-state index contributed by atoms with van der Waals surface area (Å²) in [5.41, 5.74) is 1.56. The minimum atomic E-state index is -1.03. The molecule has 2 aromatic rings. The number of ether oxygens (including phenoxy) is 1. The van der Waals surface area contributed by atoms with Gasteiger partial charge in [-0.3, -0.25) is 4.79 Å². The first-order valence-corrected chi connectivity index (χ1v) is 8.17. The molecule has 2 aromatic carbocycles. The highest BCUT2D eigenvalue weighted by Gasteiger charge is 2.23. The maximum Gasteiger partial charge on any atom is 0.337 e. The summed E-state index contributed by atoms with van der Waals surface area (Å²) in [5, 5.41) is 0. The van der Waals surface area contributed by atoms with E-state index in [1.54, 1.807) is 17.0 Å². The first-order chi connectivity index (χ1) is 12.5. The van der Waals surface area contributed by atoms with Crippen LogP contribution in [0.4, 0.5) is 14.5 Å². The van der Waals surface area contributed by atoms with Crippen LogP contribution in [0.1, 0.15) is 20.7 Å². The average molecular weight is 360 g/mol. The smallest absolute Gasteiger partial charge is 0.337 e. The summed E-state index contributed by atoms with van der Waals surface area (Å²) in [6.45, 7) is 2.15. The van der Waals surface area contributed by atoms with Crippen molar-refractivity contribution in [3.8, 4) is 0 Å². The van der Waals surface area contributed by atoms with Gasteiger partial charge in [0.2, 0.25) is 0 Å². The number of esters is 1. The number of halogens is 2. The predicted molar refractivity (Wildman–Crippen MR) is 92.3 cm³/mol. The molecule has 1 amide bonds. The normalized spacial score (nSPS) is 14.3. The van der Waals surface area contributed by atoms with Gasteiger partial charge in [0.05, 0.1) is 12.7 Å². The second kappa shape index (κ2) is 7.51. The third-order valence-corrected chi connectivity index (χ3v) is 4.39. The van der Waals surface area contributed by atoms with E-state index in [4.69, 9.17) is 0 Å². The van der Waals surface area contributed by atoms with E-state index >= 15 is 0 Å². The number of hydrogen-bond donors (Lipinski definition) is 0. The summed E-state index contributed by atoms with van der Waals surface area (Å²) in [5.74, 6) is -2.70. The highest BCUT2D eigenvalue weighted by molar-refractivity contribution is 5.94. The van der Waals surface area contributed by atoms with Crippen molar-refractivity contribution in [3.05, 3.63) is 65.2 Å². The van der Waals surface area contributed by atoms with E-state index in [0.717, 1.165) is 17.8 Å². The van der Waals surface area contributed by atoms with E-state index in [1.807, 2.05) is 12.1 Å². The molecule has 0 radical (unpaired) electrons. The SMILES string of the molecule is COC(=O)c1ccc(N2CCN(C(=O)c3ccc(F)c(F)c3)CC2)cc1. The van der Waals surface area contributed by atoms with Gasteiger partial charge in [0.15, 0.2) is 11.6 Å². The lowest BCUT2D eigenvalue weighted by molar-refractivity contribution is 0.0600. The number of hydrogen-bond acceptors (Lipinski definition) is 4. The first-order valence-electron chi connectivity index (χ1n) is 8.17. The molecule has 136 valence electrons. The summed E-state index contributed by atoms with van der Waals surface area (Å²) < 4.78 is 31.0. The Labute approximate surface area is 149 Å². The highest BCUT2D eigenvalue weighted by atomic mass is 19.2. The minimum absolute atomic E-state index is 0.139. The van der Waals surface area contributed by atoms with Gasteiger partial charge in [0.1, 0.15) is 0 Å². The van der Waals surface area contributed by atoms with Crippen molar-refractivity contribution in [1.29, 1.82) is 0 Å². The van der Waals surface area contributed by atoms with Crippen LogP contribution >= 0.6 is 0 Å². The molecule has 1 heterocycles. The molecule has 3 rings (SSSR count). The Morgan fingerprint density at radius 1 is 0.885 bits per heavy atom. The van der Waals surface area contributed by atoms with Gasteiger partial charge < -0.3 is 14.5 Å². The van der Waals surface area contributed by atoms with Crippen LogP contribution in [-0.4, -0.2) is 50.1 Å². The van der Waals surface area contributed by atoms with Crippen LogP contribution in [0.2, 0.25) is 0 Å². The van der Waals surface area contributed by atoms with Gasteiger partial charge in [-0.1, -0.05) is 0 Å². The molecule has 0 aliphatic carbocycles. The maximum absolute atomic E-state index is 13.3. The van der Waals surface area contributed by atoms with Crippen LogP contribution < -0.4 is 4.90 Å². The van der Waals surface area contributed by atoms with Gasteiger partial charge in [-0.2, -0.15) is 0 Å². The van der Waals surface area contributed by atoms with Crippen LogP contribution in [0.3, 0.4) is 0 Å². The van der Waals surface area contributed by atoms with E-state index < -0.39 is 17.6 Å². The fourth-order valence-electron chi connectivity index (χ4n) is 2.91. The lowest BCUT2D eigenvalue weighted by atomic mass is 10.1. The van der Waals surface area contributed by atoms with Crippen molar-refractivity contribution in [1.82, 2.24) is 4.90 Å². The molecule has 7 heteroatoms. The Bertz CT molecular complexity index is 816. The van der Waals surface area contributed by atoms with Crippen LogP contribution in [0.5, 0.6) is 0 Å². The molecule has 1 aliphatic heterocycles. The Morgan fingerprint density at radius 3 is 2.08 bits per heavy atom. The molecule has 0 saturated carbocycles. The zero-order valence-electron chi connectivity index (χ0n) is 14.2. The monoisotopic (exact) mass is 360 g/mol. The van der Waals surface area contributed by atoms with Gasteiger partial charge in [0, 0.05) is 37.4 Å². The van der Waals surface area contributed by atoms with Crippen LogP contribution in [-0.2, 0) is 4.74 Å². The van der Waals surface area contributed by atoms with Crippen LogP contribution in [0, 0.1) is 11.6 Å². The van der Waals surface area contributed by atoms with Gasteiger partial charge >= 0.3 is 5.97 Å². The zero-order chi connectivity index (χ0) is 18.7. The van der Waals surface area contributed by atoms with Crippen molar-refractivity contribution in [2.24, 2.45) is 0 Å². The second-order valence-corrected chi connectivity index (χ2v) is 5.95. The Hall–Kier alpha value is -2.96. The lowest BCUT2D eigenvalue weighted by Crippen LogP contribution is -2.48. The largest absolute Gasteiger partial charge is 0.465 e. The van der Waals surface area contributed by atoms with Crippen molar-refractivity contribution < 1.29 is 23.1 Å². The topological polar surface area (TPSA) is 49.9 Å². The van der Waals surface area contributed by atoms with Gasteiger partial charge in [0.25, 0.3) is 5.91 Å². The van der Waals surface area contributed by atoms with E-state index in [9.17, 15) is 18.4 Å². The molecule has 0 bridgehead atoms. The molecule has 0 spiro atoms. The fourth-order valence-corrected chi connectivity index (χ4v) is 2.91. The maximum atomic E-state index is 13.3. The molecule has 0 aromatic heterocycles. The number of amides is 1. The molecule has 0 atom stereocenters. The number of rotatable bonds is 3. The molecule has 1 aliphatic rings. The average Bonchev–Trinajstić information content (AvgIpc) is 2.69. The molecule has 0 unspecified atom stereocenters. The molecule has 0 N–H and O–H groups in total. The lowest BCUT2D eigenvalue weighted by Gasteiger charge is -2.36. The van der Waals surface area contributed by atoms with Crippen molar-refractivity contribution >= 4 is 17.6 Å². The summed E-state index contributed by atoms with van der Waals surface area (Å²) in [6, 6.07) is 10.2. The Morgan fingerprint density at radius 2 is 1.50 bits per heavy atom.